The van der Waals surface area contributed by atoms with E-state index in [2.05, 4.69) is 0 Å². The van der Waals surface area contributed by atoms with E-state index >= 15 is 0 Å². The summed E-state index contributed by atoms with van der Waals surface area (Å²) in [5.74, 6) is -5.80. The number of fused-ring (bicyclic) bond motifs is 1. The third-order valence-electron chi connectivity index (χ3n) is 9.09. The van der Waals surface area contributed by atoms with Crippen LogP contribution in [0.2, 0.25) is 0 Å². The normalized spacial score (nSPS) is 25.8. The highest BCUT2D eigenvalue weighted by Crippen LogP contribution is 2.53. The van der Waals surface area contributed by atoms with Gasteiger partial charge in [0.1, 0.15) is 31.0 Å². The molecule has 1 heterocycles. The molecule has 8 atom stereocenters. The Bertz CT molecular complexity index is 1700. The molecular formula is C34H40O17. The lowest BCUT2D eigenvalue weighted by molar-refractivity contribution is -0.316. The SMILES string of the molecule is COc1cc([C@H]2c3c(cc(OC)c(O)c3OC)C[C@@H](CO)[C@@H]2O[C@H]2O[C@@H](COC(=O)c3cc(O)c(O)c(O)c3)[C@H](O)[C@@H](O)[C@@H]2O)cc(OC)c1O. The van der Waals surface area contributed by atoms with E-state index in [1.165, 1.54) is 40.6 Å². The summed E-state index contributed by atoms with van der Waals surface area (Å²) in [6, 6.07) is 6.23. The van der Waals surface area contributed by atoms with Gasteiger partial charge in [0.25, 0.3) is 0 Å². The van der Waals surface area contributed by atoms with Crippen LogP contribution in [0.1, 0.15) is 33.0 Å². The molecule has 9 N–H and O–H groups in total. The van der Waals surface area contributed by atoms with Crippen molar-refractivity contribution < 1.29 is 83.9 Å². The zero-order valence-electron chi connectivity index (χ0n) is 27.9. The third-order valence-corrected chi connectivity index (χ3v) is 9.09. The number of phenolic OH excluding ortho intramolecular Hbond substituents is 5. The first-order chi connectivity index (χ1) is 24.3. The van der Waals surface area contributed by atoms with Crippen LogP contribution < -0.4 is 18.9 Å². The van der Waals surface area contributed by atoms with Gasteiger partial charge in [-0.3, -0.25) is 0 Å². The highest BCUT2D eigenvalue weighted by atomic mass is 16.7. The lowest BCUT2D eigenvalue weighted by atomic mass is 9.71. The standard InChI is InChI=1S/C34H40O17/c1-45-19-9-14(10-20(46-2)26(19)39)23-24-13(8-21(47-3)28(41)32(24)48-4)5-16(11-35)31(23)51-34-30(43)29(42)27(40)22(50-34)12-49-33(44)15-6-17(36)25(38)18(37)7-15/h6-10,16,22-23,27,29-31,34-43H,5,11-12H2,1-4H3/t16-,22-,23-,27-,29+,30-,31-,34+/m0/s1. The van der Waals surface area contributed by atoms with Crippen molar-refractivity contribution in [2.75, 3.05) is 41.7 Å². The molecule has 0 spiro atoms. The molecule has 0 unspecified atom stereocenters. The van der Waals surface area contributed by atoms with E-state index < -0.39 is 85.1 Å². The van der Waals surface area contributed by atoms with Gasteiger partial charge in [0.2, 0.25) is 11.5 Å². The Labute approximate surface area is 290 Å². The maximum absolute atomic E-state index is 12.7. The number of phenols is 5. The monoisotopic (exact) mass is 720 g/mol. The summed E-state index contributed by atoms with van der Waals surface area (Å²) >= 11 is 0. The van der Waals surface area contributed by atoms with Gasteiger partial charge < -0.3 is 79.1 Å². The molecule has 17 heteroatoms. The summed E-state index contributed by atoms with van der Waals surface area (Å²) in [4.78, 5) is 12.7. The summed E-state index contributed by atoms with van der Waals surface area (Å²) in [7, 11) is 5.35. The van der Waals surface area contributed by atoms with E-state index in [0.717, 1.165) is 12.1 Å². The van der Waals surface area contributed by atoms with Crippen LogP contribution in [0.5, 0.6) is 51.7 Å². The number of aromatic hydroxyl groups is 5. The molecule has 0 amide bonds. The number of aliphatic hydroxyl groups excluding tert-OH is 4. The molecule has 17 nitrogen and oxygen atoms in total. The molecule has 1 saturated heterocycles. The lowest BCUT2D eigenvalue weighted by Gasteiger charge is -2.45. The molecule has 3 aromatic carbocycles. The maximum Gasteiger partial charge on any atom is 0.338 e. The Morgan fingerprint density at radius 2 is 1.35 bits per heavy atom. The predicted molar refractivity (Wildman–Crippen MR) is 172 cm³/mol. The Kier molecular flexibility index (Phi) is 11.1. The minimum absolute atomic E-state index is 0.00186. The molecule has 5 rings (SSSR count). The topological polar surface area (TPSA) is 264 Å². The summed E-state index contributed by atoms with van der Waals surface area (Å²) in [6.45, 7) is -1.18. The van der Waals surface area contributed by atoms with Crippen molar-refractivity contribution in [2.24, 2.45) is 5.92 Å². The Balaban J connectivity index is 1.54. The molecule has 2 aliphatic rings. The van der Waals surface area contributed by atoms with E-state index in [1.807, 2.05) is 0 Å². The van der Waals surface area contributed by atoms with Crippen LogP contribution in [0.15, 0.2) is 30.3 Å². The molecule has 0 radical (unpaired) electrons. The first-order valence-corrected chi connectivity index (χ1v) is 15.6. The Morgan fingerprint density at radius 1 is 0.765 bits per heavy atom. The fourth-order valence-corrected chi connectivity index (χ4v) is 6.49. The van der Waals surface area contributed by atoms with Crippen molar-refractivity contribution in [2.45, 2.75) is 49.1 Å². The average molecular weight is 721 g/mol. The number of carbonyl (C=O) groups is 1. The van der Waals surface area contributed by atoms with Crippen molar-refractivity contribution in [3.63, 3.8) is 0 Å². The van der Waals surface area contributed by atoms with Crippen molar-refractivity contribution in [1.82, 2.24) is 0 Å². The van der Waals surface area contributed by atoms with Gasteiger partial charge in [-0.1, -0.05) is 0 Å². The predicted octanol–water partition coefficient (Wildman–Crippen LogP) is 0.595. The summed E-state index contributed by atoms with van der Waals surface area (Å²) in [5, 5.41) is 94.2. The van der Waals surface area contributed by atoms with Crippen molar-refractivity contribution in [3.05, 3.63) is 52.6 Å². The number of rotatable bonds is 11. The van der Waals surface area contributed by atoms with Gasteiger partial charge in [-0.2, -0.15) is 0 Å². The molecule has 0 saturated carbocycles. The van der Waals surface area contributed by atoms with Crippen LogP contribution in [-0.2, 0) is 20.6 Å². The largest absolute Gasteiger partial charge is 0.504 e. The number of carbonyl (C=O) groups excluding carboxylic acids is 1. The fraction of sp³-hybridized carbons (Fsp3) is 0.441. The molecule has 1 aliphatic carbocycles. The maximum atomic E-state index is 12.7. The molecule has 51 heavy (non-hydrogen) atoms. The smallest absolute Gasteiger partial charge is 0.338 e. The second-order valence-corrected chi connectivity index (χ2v) is 12.0. The van der Waals surface area contributed by atoms with Crippen LogP contribution in [0, 0.1) is 5.92 Å². The highest BCUT2D eigenvalue weighted by molar-refractivity contribution is 5.91. The Morgan fingerprint density at radius 3 is 1.90 bits per heavy atom. The van der Waals surface area contributed by atoms with Crippen molar-refractivity contribution >= 4 is 5.97 Å². The van der Waals surface area contributed by atoms with Crippen LogP contribution in [0.25, 0.3) is 0 Å². The molecular weight excluding hydrogens is 680 g/mol. The van der Waals surface area contributed by atoms with Gasteiger partial charge in [-0.25, -0.2) is 4.79 Å². The fourth-order valence-electron chi connectivity index (χ4n) is 6.49. The minimum Gasteiger partial charge on any atom is -0.504 e. The number of esters is 1. The van der Waals surface area contributed by atoms with E-state index in [-0.39, 0.29) is 46.5 Å². The van der Waals surface area contributed by atoms with Gasteiger partial charge in [-0.05, 0) is 47.9 Å². The molecule has 0 aromatic heterocycles. The lowest BCUT2D eigenvalue weighted by Crippen LogP contribution is -2.60. The molecule has 3 aromatic rings. The van der Waals surface area contributed by atoms with E-state index in [1.54, 1.807) is 6.07 Å². The third kappa shape index (κ3) is 6.91. The first kappa shape index (κ1) is 37.3. The summed E-state index contributed by atoms with van der Waals surface area (Å²) in [5.41, 5.74) is 1.00. The zero-order chi connectivity index (χ0) is 37.3. The first-order valence-electron chi connectivity index (χ1n) is 15.6. The molecule has 0 bridgehead atoms. The number of aliphatic hydroxyl groups is 4. The second-order valence-electron chi connectivity index (χ2n) is 12.0. The number of methoxy groups -OCH3 is 4. The van der Waals surface area contributed by atoms with E-state index in [9.17, 15) is 50.8 Å². The van der Waals surface area contributed by atoms with Gasteiger partial charge in [-0.15, -0.1) is 0 Å². The molecule has 1 aliphatic heterocycles. The van der Waals surface area contributed by atoms with E-state index in [0.29, 0.717) is 16.7 Å². The van der Waals surface area contributed by atoms with Gasteiger partial charge >= 0.3 is 5.97 Å². The Hall–Kier alpha value is -4.91. The van der Waals surface area contributed by atoms with Gasteiger partial charge in [0, 0.05) is 24.0 Å². The highest BCUT2D eigenvalue weighted by Gasteiger charge is 2.49. The summed E-state index contributed by atoms with van der Waals surface area (Å²) in [6.07, 6.45) is -9.75. The van der Waals surface area contributed by atoms with Gasteiger partial charge in [0.15, 0.2) is 46.5 Å². The molecule has 278 valence electrons. The average Bonchev–Trinajstić information content (AvgIpc) is 3.12. The number of ether oxygens (including phenoxy) is 7. The van der Waals surface area contributed by atoms with Crippen LogP contribution in [-0.4, -0.2) is 130 Å². The quantitative estimate of drug-likeness (QED) is 0.0970. The minimum atomic E-state index is -1.88. The van der Waals surface area contributed by atoms with Crippen LogP contribution in [0.4, 0.5) is 0 Å². The number of hydrogen-bond donors (Lipinski definition) is 9. The second kappa shape index (κ2) is 15.1. The van der Waals surface area contributed by atoms with Crippen LogP contribution in [0.3, 0.4) is 0 Å². The van der Waals surface area contributed by atoms with Crippen LogP contribution >= 0.6 is 0 Å². The molecule has 1 fully saturated rings. The van der Waals surface area contributed by atoms with E-state index in [4.69, 9.17) is 33.2 Å². The number of benzene rings is 3. The number of hydrogen-bond acceptors (Lipinski definition) is 17. The summed E-state index contributed by atoms with van der Waals surface area (Å²) < 4.78 is 39.2. The van der Waals surface area contributed by atoms with Gasteiger partial charge in [0.05, 0.1) is 40.1 Å². The van der Waals surface area contributed by atoms with Crippen molar-refractivity contribution in [3.8, 4) is 51.7 Å². The van der Waals surface area contributed by atoms with Crippen molar-refractivity contribution in [1.29, 1.82) is 0 Å². The zero-order valence-corrected chi connectivity index (χ0v) is 27.9.